The number of amides is 2. The first kappa shape index (κ1) is 18.1. The maximum atomic E-state index is 12.6. The molecule has 0 unspecified atom stereocenters. The molecule has 0 bridgehead atoms. The summed E-state index contributed by atoms with van der Waals surface area (Å²) in [5, 5.41) is 11.5. The number of nitrogens with one attached hydrogen (secondary N) is 1. The minimum atomic E-state index is -0.844. The Morgan fingerprint density at radius 1 is 1.38 bits per heavy atom. The number of hydrogen-bond acceptors (Lipinski definition) is 3. The number of ether oxygens (including phenoxy) is 1. The second-order valence-corrected chi connectivity index (χ2v) is 6.31. The summed E-state index contributed by atoms with van der Waals surface area (Å²) in [6, 6.07) is 7.64. The first-order chi connectivity index (χ1) is 11.5. The molecule has 6 nitrogen and oxygen atoms in total. The zero-order chi connectivity index (χ0) is 17.5. The number of methoxy groups -OCH3 is 1. The molecule has 1 aliphatic heterocycles. The Morgan fingerprint density at radius 2 is 2.12 bits per heavy atom. The summed E-state index contributed by atoms with van der Waals surface area (Å²) in [4.78, 5) is 25.0. The number of benzene rings is 1. The van der Waals surface area contributed by atoms with Gasteiger partial charge in [-0.25, -0.2) is 4.79 Å². The van der Waals surface area contributed by atoms with Gasteiger partial charge in [0.15, 0.2) is 0 Å². The van der Waals surface area contributed by atoms with Gasteiger partial charge in [0.2, 0.25) is 0 Å². The number of aliphatic carboxylic acids is 1. The lowest BCUT2D eigenvalue weighted by molar-refractivity contribution is -0.137. The molecule has 24 heavy (non-hydrogen) atoms. The van der Waals surface area contributed by atoms with Crippen LogP contribution in [0.2, 0.25) is 0 Å². The molecule has 2 atom stereocenters. The molecule has 0 radical (unpaired) electrons. The molecule has 132 valence electrons. The van der Waals surface area contributed by atoms with E-state index in [-0.39, 0.29) is 18.5 Å². The van der Waals surface area contributed by atoms with Gasteiger partial charge in [-0.2, -0.15) is 0 Å². The fraction of sp³-hybridized carbons (Fsp3) is 0.556. The van der Waals surface area contributed by atoms with Gasteiger partial charge in [0, 0.05) is 25.1 Å². The minimum absolute atomic E-state index is 0.0237. The van der Waals surface area contributed by atoms with E-state index in [0.29, 0.717) is 25.4 Å². The molecule has 1 aromatic carbocycles. The van der Waals surface area contributed by atoms with E-state index in [0.717, 1.165) is 24.2 Å². The highest BCUT2D eigenvalue weighted by Crippen LogP contribution is 2.38. The highest BCUT2D eigenvalue weighted by Gasteiger charge is 2.32. The fourth-order valence-electron chi connectivity index (χ4n) is 3.16. The number of carbonyl (C=O) groups excluding carboxylic acids is 1. The topological polar surface area (TPSA) is 78.9 Å². The smallest absolute Gasteiger partial charge is 0.317 e. The van der Waals surface area contributed by atoms with Crippen LogP contribution in [0.25, 0.3) is 0 Å². The SMILES string of the molecule is COc1ccccc1[C@H]1C[C@@H](C)CCN1C(=O)NCCCC(=O)O. The molecule has 0 aromatic heterocycles. The zero-order valence-electron chi connectivity index (χ0n) is 14.3. The number of carboxylic acid groups (broad SMARTS) is 1. The number of rotatable bonds is 6. The molecule has 2 rings (SSSR count). The van der Waals surface area contributed by atoms with E-state index >= 15 is 0 Å². The molecule has 1 aliphatic rings. The predicted octanol–water partition coefficient (Wildman–Crippen LogP) is 3.04. The number of nitrogens with zero attached hydrogens (tertiary/aromatic N) is 1. The molecule has 1 fully saturated rings. The van der Waals surface area contributed by atoms with E-state index in [1.807, 2.05) is 29.2 Å². The van der Waals surface area contributed by atoms with Crippen LogP contribution < -0.4 is 10.1 Å². The van der Waals surface area contributed by atoms with Crippen molar-refractivity contribution in [3.05, 3.63) is 29.8 Å². The molecule has 0 spiro atoms. The van der Waals surface area contributed by atoms with Crippen LogP contribution >= 0.6 is 0 Å². The van der Waals surface area contributed by atoms with Crippen LogP contribution in [0.3, 0.4) is 0 Å². The van der Waals surface area contributed by atoms with Gasteiger partial charge in [0.25, 0.3) is 0 Å². The second kappa shape index (κ2) is 8.57. The van der Waals surface area contributed by atoms with Gasteiger partial charge in [0.1, 0.15) is 5.75 Å². The Balaban J connectivity index is 2.08. The van der Waals surface area contributed by atoms with Gasteiger partial charge in [-0.05, 0) is 31.2 Å². The van der Waals surface area contributed by atoms with Crippen molar-refractivity contribution in [2.75, 3.05) is 20.2 Å². The van der Waals surface area contributed by atoms with E-state index < -0.39 is 5.97 Å². The van der Waals surface area contributed by atoms with Crippen molar-refractivity contribution in [1.29, 1.82) is 0 Å². The number of likely N-dealkylation sites (tertiary alicyclic amines) is 1. The summed E-state index contributed by atoms with van der Waals surface area (Å²) in [5.41, 5.74) is 1.02. The molecular weight excluding hydrogens is 308 g/mol. The van der Waals surface area contributed by atoms with Gasteiger partial charge in [-0.15, -0.1) is 0 Å². The molecule has 0 aliphatic carbocycles. The van der Waals surface area contributed by atoms with Crippen molar-refractivity contribution >= 4 is 12.0 Å². The molecule has 1 aromatic rings. The molecule has 1 saturated heterocycles. The van der Waals surface area contributed by atoms with E-state index in [4.69, 9.17) is 9.84 Å². The third-order valence-corrected chi connectivity index (χ3v) is 4.47. The zero-order valence-corrected chi connectivity index (χ0v) is 14.3. The lowest BCUT2D eigenvalue weighted by Crippen LogP contribution is -2.46. The lowest BCUT2D eigenvalue weighted by Gasteiger charge is -2.39. The van der Waals surface area contributed by atoms with Gasteiger partial charge >= 0.3 is 12.0 Å². The number of urea groups is 1. The summed E-state index contributed by atoms with van der Waals surface area (Å²) in [6.45, 7) is 3.26. The predicted molar refractivity (Wildman–Crippen MR) is 91.1 cm³/mol. The first-order valence-corrected chi connectivity index (χ1v) is 8.42. The number of piperidine rings is 1. The summed E-state index contributed by atoms with van der Waals surface area (Å²) < 4.78 is 5.46. The summed E-state index contributed by atoms with van der Waals surface area (Å²) in [5.74, 6) is 0.485. The van der Waals surface area contributed by atoms with Crippen molar-refractivity contribution < 1.29 is 19.4 Å². The minimum Gasteiger partial charge on any atom is -0.496 e. The average Bonchev–Trinajstić information content (AvgIpc) is 2.58. The molecule has 2 N–H and O–H groups in total. The van der Waals surface area contributed by atoms with Crippen LogP contribution in [0.4, 0.5) is 4.79 Å². The Kier molecular flexibility index (Phi) is 6.46. The largest absolute Gasteiger partial charge is 0.496 e. The van der Waals surface area contributed by atoms with Crippen molar-refractivity contribution in [2.24, 2.45) is 5.92 Å². The fourth-order valence-corrected chi connectivity index (χ4v) is 3.16. The van der Waals surface area contributed by atoms with Crippen LogP contribution in [0.15, 0.2) is 24.3 Å². The van der Waals surface area contributed by atoms with Crippen molar-refractivity contribution in [1.82, 2.24) is 10.2 Å². The summed E-state index contributed by atoms with van der Waals surface area (Å²) in [7, 11) is 1.64. The average molecular weight is 334 g/mol. The summed E-state index contributed by atoms with van der Waals surface area (Å²) >= 11 is 0. The highest BCUT2D eigenvalue weighted by atomic mass is 16.5. The van der Waals surface area contributed by atoms with Crippen molar-refractivity contribution in [3.63, 3.8) is 0 Å². The molecule has 0 saturated carbocycles. The Labute approximate surface area is 142 Å². The number of carbonyl (C=O) groups is 2. The second-order valence-electron chi connectivity index (χ2n) is 6.31. The van der Waals surface area contributed by atoms with E-state index in [1.54, 1.807) is 7.11 Å². The molecular formula is C18H26N2O4. The monoisotopic (exact) mass is 334 g/mol. The quantitative estimate of drug-likeness (QED) is 0.784. The van der Waals surface area contributed by atoms with E-state index in [2.05, 4.69) is 12.2 Å². The summed E-state index contributed by atoms with van der Waals surface area (Å²) in [6.07, 6.45) is 2.36. The van der Waals surface area contributed by atoms with Gasteiger partial charge in [-0.1, -0.05) is 25.1 Å². The highest BCUT2D eigenvalue weighted by molar-refractivity contribution is 5.75. The van der Waals surface area contributed by atoms with E-state index in [9.17, 15) is 9.59 Å². The van der Waals surface area contributed by atoms with E-state index in [1.165, 1.54) is 0 Å². The Hall–Kier alpha value is -2.24. The van der Waals surface area contributed by atoms with Crippen LogP contribution in [0, 0.1) is 5.92 Å². The maximum absolute atomic E-state index is 12.6. The Bertz CT molecular complexity index is 576. The molecule has 2 amide bonds. The third kappa shape index (κ3) is 4.63. The van der Waals surface area contributed by atoms with Crippen LogP contribution in [-0.2, 0) is 4.79 Å². The molecule has 1 heterocycles. The van der Waals surface area contributed by atoms with Crippen LogP contribution in [0.5, 0.6) is 5.75 Å². The van der Waals surface area contributed by atoms with Crippen molar-refractivity contribution in [3.8, 4) is 5.75 Å². The normalized spacial score (nSPS) is 20.5. The maximum Gasteiger partial charge on any atom is 0.317 e. The Morgan fingerprint density at radius 3 is 2.83 bits per heavy atom. The third-order valence-electron chi connectivity index (χ3n) is 4.47. The van der Waals surface area contributed by atoms with Crippen LogP contribution in [0.1, 0.15) is 44.2 Å². The van der Waals surface area contributed by atoms with Crippen LogP contribution in [-0.4, -0.2) is 42.2 Å². The van der Waals surface area contributed by atoms with Gasteiger partial charge in [0.05, 0.1) is 13.2 Å². The standard InChI is InChI=1S/C18H26N2O4/c1-13-9-11-20(18(23)19-10-5-8-17(21)22)15(12-13)14-6-3-4-7-16(14)24-2/h3-4,6-7,13,15H,5,8-12H2,1-2H3,(H,19,23)(H,21,22)/t13-,15+/m0/s1. The van der Waals surface area contributed by atoms with Gasteiger partial charge in [-0.3, -0.25) is 4.79 Å². The lowest BCUT2D eigenvalue weighted by atomic mass is 9.88. The molecule has 6 heteroatoms. The first-order valence-electron chi connectivity index (χ1n) is 8.42. The number of carboxylic acids is 1. The van der Waals surface area contributed by atoms with Crippen molar-refractivity contribution in [2.45, 2.75) is 38.6 Å². The number of para-hydroxylation sites is 1. The number of hydrogen-bond donors (Lipinski definition) is 2. The van der Waals surface area contributed by atoms with Gasteiger partial charge < -0.3 is 20.1 Å².